The summed E-state index contributed by atoms with van der Waals surface area (Å²) in [6.07, 6.45) is 5.56. The summed E-state index contributed by atoms with van der Waals surface area (Å²) in [7, 11) is 3.26. The second-order valence-corrected chi connectivity index (χ2v) is 4.99. The van der Waals surface area contributed by atoms with Crippen molar-refractivity contribution in [2.24, 2.45) is 5.92 Å². The maximum absolute atomic E-state index is 10.5. The zero-order valence-electron chi connectivity index (χ0n) is 11.2. The van der Waals surface area contributed by atoms with E-state index in [0.29, 0.717) is 5.92 Å². The van der Waals surface area contributed by atoms with E-state index in [-0.39, 0.29) is 0 Å². The third-order valence-electron chi connectivity index (χ3n) is 3.81. The number of hydrogen-bond acceptors (Lipinski definition) is 3. The predicted molar refractivity (Wildman–Crippen MR) is 71.1 cm³/mol. The molecule has 1 saturated carbocycles. The maximum Gasteiger partial charge on any atom is 0.122 e. The average molecular weight is 250 g/mol. The molecule has 2 rings (SSSR count). The molecule has 3 nitrogen and oxygen atoms in total. The molecular formula is C15H22O3. The SMILES string of the molecule is COc1cc(OC)cc([C@@H](O)C2CCCCC2)c1. The minimum atomic E-state index is -0.408. The first kappa shape index (κ1) is 13.2. The quantitative estimate of drug-likeness (QED) is 0.891. The summed E-state index contributed by atoms with van der Waals surface area (Å²) >= 11 is 0. The fraction of sp³-hybridized carbons (Fsp3) is 0.600. The summed E-state index contributed by atoms with van der Waals surface area (Å²) in [6.45, 7) is 0. The first-order valence-corrected chi connectivity index (χ1v) is 6.65. The molecule has 1 aliphatic carbocycles. The molecule has 0 radical (unpaired) electrons. The van der Waals surface area contributed by atoms with Crippen molar-refractivity contribution in [1.82, 2.24) is 0 Å². The number of aliphatic hydroxyl groups excluding tert-OH is 1. The van der Waals surface area contributed by atoms with Crippen LogP contribution in [0, 0.1) is 5.92 Å². The highest BCUT2D eigenvalue weighted by Crippen LogP contribution is 2.36. The number of rotatable bonds is 4. The molecule has 0 bridgehead atoms. The van der Waals surface area contributed by atoms with Gasteiger partial charge in [0, 0.05) is 6.07 Å². The first-order valence-electron chi connectivity index (χ1n) is 6.65. The van der Waals surface area contributed by atoms with Gasteiger partial charge in [0.25, 0.3) is 0 Å². The first-order chi connectivity index (χ1) is 8.74. The van der Waals surface area contributed by atoms with Gasteiger partial charge in [-0.05, 0) is 36.5 Å². The molecule has 0 aromatic heterocycles. The van der Waals surface area contributed by atoms with Crippen LogP contribution in [0.3, 0.4) is 0 Å². The lowest BCUT2D eigenvalue weighted by Crippen LogP contribution is -2.16. The highest BCUT2D eigenvalue weighted by Gasteiger charge is 2.23. The van der Waals surface area contributed by atoms with E-state index in [1.807, 2.05) is 18.2 Å². The number of aliphatic hydroxyl groups is 1. The van der Waals surface area contributed by atoms with E-state index in [0.717, 1.165) is 29.9 Å². The summed E-state index contributed by atoms with van der Waals surface area (Å²) < 4.78 is 10.5. The molecule has 1 fully saturated rings. The highest BCUT2D eigenvalue weighted by molar-refractivity contribution is 5.39. The van der Waals surface area contributed by atoms with Crippen molar-refractivity contribution < 1.29 is 14.6 Å². The maximum atomic E-state index is 10.5. The Morgan fingerprint density at radius 1 is 1.00 bits per heavy atom. The largest absolute Gasteiger partial charge is 0.497 e. The van der Waals surface area contributed by atoms with Gasteiger partial charge in [0.05, 0.1) is 20.3 Å². The van der Waals surface area contributed by atoms with E-state index < -0.39 is 6.10 Å². The van der Waals surface area contributed by atoms with Gasteiger partial charge in [-0.25, -0.2) is 0 Å². The second-order valence-electron chi connectivity index (χ2n) is 4.99. The summed E-state index contributed by atoms with van der Waals surface area (Å²) in [5, 5.41) is 10.5. The van der Waals surface area contributed by atoms with Gasteiger partial charge < -0.3 is 14.6 Å². The summed E-state index contributed by atoms with van der Waals surface area (Å²) in [5.41, 5.74) is 0.901. The van der Waals surface area contributed by atoms with E-state index in [4.69, 9.17) is 9.47 Å². The second kappa shape index (κ2) is 6.10. The van der Waals surface area contributed by atoms with Gasteiger partial charge in [0.15, 0.2) is 0 Å². The van der Waals surface area contributed by atoms with Crippen LogP contribution in [-0.2, 0) is 0 Å². The van der Waals surface area contributed by atoms with Crippen molar-refractivity contribution in [2.75, 3.05) is 14.2 Å². The van der Waals surface area contributed by atoms with Gasteiger partial charge in [-0.15, -0.1) is 0 Å². The van der Waals surface area contributed by atoms with E-state index in [1.165, 1.54) is 19.3 Å². The van der Waals surface area contributed by atoms with Crippen molar-refractivity contribution in [1.29, 1.82) is 0 Å². The van der Waals surface area contributed by atoms with Crippen LogP contribution in [0.5, 0.6) is 11.5 Å². The molecule has 0 saturated heterocycles. The van der Waals surface area contributed by atoms with Gasteiger partial charge in [0.1, 0.15) is 11.5 Å². The van der Waals surface area contributed by atoms with Gasteiger partial charge in [0.2, 0.25) is 0 Å². The minimum absolute atomic E-state index is 0.371. The standard InChI is InChI=1S/C15H22O3/c1-17-13-8-12(9-14(10-13)18-2)15(16)11-6-4-3-5-7-11/h8-11,15-16H,3-7H2,1-2H3/t15-/m0/s1. The minimum Gasteiger partial charge on any atom is -0.497 e. The van der Waals surface area contributed by atoms with Crippen LogP contribution < -0.4 is 9.47 Å². The topological polar surface area (TPSA) is 38.7 Å². The Labute approximate surface area is 109 Å². The van der Waals surface area contributed by atoms with Crippen molar-refractivity contribution in [2.45, 2.75) is 38.2 Å². The van der Waals surface area contributed by atoms with Gasteiger partial charge in [-0.1, -0.05) is 19.3 Å². The lowest BCUT2D eigenvalue weighted by molar-refractivity contribution is 0.0844. The number of hydrogen-bond donors (Lipinski definition) is 1. The van der Waals surface area contributed by atoms with Crippen molar-refractivity contribution in [3.05, 3.63) is 23.8 Å². The van der Waals surface area contributed by atoms with Gasteiger partial charge in [-0.3, -0.25) is 0 Å². The molecule has 1 aliphatic rings. The highest BCUT2D eigenvalue weighted by atomic mass is 16.5. The molecule has 0 unspecified atom stereocenters. The molecule has 1 atom stereocenters. The normalized spacial score (nSPS) is 18.4. The zero-order chi connectivity index (χ0) is 13.0. The van der Waals surface area contributed by atoms with Crippen LogP contribution >= 0.6 is 0 Å². The Bertz CT molecular complexity index is 361. The number of benzene rings is 1. The predicted octanol–water partition coefficient (Wildman–Crippen LogP) is 3.32. The lowest BCUT2D eigenvalue weighted by atomic mass is 9.83. The summed E-state index contributed by atoms with van der Waals surface area (Å²) in [4.78, 5) is 0. The van der Waals surface area contributed by atoms with E-state index in [9.17, 15) is 5.11 Å². The lowest BCUT2D eigenvalue weighted by Gasteiger charge is -2.27. The van der Waals surface area contributed by atoms with Crippen molar-refractivity contribution >= 4 is 0 Å². The van der Waals surface area contributed by atoms with Gasteiger partial charge in [-0.2, -0.15) is 0 Å². The van der Waals surface area contributed by atoms with Crippen LogP contribution in [0.2, 0.25) is 0 Å². The van der Waals surface area contributed by atoms with Crippen LogP contribution in [0.4, 0.5) is 0 Å². The molecule has 100 valence electrons. The molecule has 1 aromatic carbocycles. The molecule has 0 aliphatic heterocycles. The zero-order valence-corrected chi connectivity index (χ0v) is 11.2. The summed E-state index contributed by atoms with van der Waals surface area (Å²) in [5.74, 6) is 1.84. The van der Waals surface area contributed by atoms with Crippen LogP contribution in [0.15, 0.2) is 18.2 Å². The Morgan fingerprint density at radius 3 is 2.06 bits per heavy atom. The fourth-order valence-electron chi connectivity index (χ4n) is 2.72. The fourth-order valence-corrected chi connectivity index (χ4v) is 2.72. The van der Waals surface area contributed by atoms with E-state index in [2.05, 4.69) is 0 Å². The Balaban J connectivity index is 2.19. The molecule has 0 amide bonds. The van der Waals surface area contributed by atoms with E-state index >= 15 is 0 Å². The van der Waals surface area contributed by atoms with E-state index in [1.54, 1.807) is 14.2 Å². The third kappa shape index (κ3) is 2.96. The van der Waals surface area contributed by atoms with Crippen LogP contribution in [0.1, 0.15) is 43.8 Å². The Hall–Kier alpha value is -1.22. The molecular weight excluding hydrogens is 228 g/mol. The third-order valence-corrected chi connectivity index (χ3v) is 3.81. The monoisotopic (exact) mass is 250 g/mol. The molecule has 1 N–H and O–H groups in total. The molecule has 1 aromatic rings. The average Bonchev–Trinajstić information content (AvgIpc) is 2.46. The van der Waals surface area contributed by atoms with Crippen molar-refractivity contribution in [3.63, 3.8) is 0 Å². The smallest absolute Gasteiger partial charge is 0.122 e. The summed E-state index contributed by atoms with van der Waals surface area (Å²) in [6, 6.07) is 5.64. The molecule has 0 heterocycles. The van der Waals surface area contributed by atoms with Gasteiger partial charge >= 0.3 is 0 Å². The molecule has 18 heavy (non-hydrogen) atoms. The number of ether oxygens (including phenoxy) is 2. The molecule has 0 spiro atoms. The Kier molecular flexibility index (Phi) is 4.48. The molecule has 3 heteroatoms. The van der Waals surface area contributed by atoms with Crippen LogP contribution in [-0.4, -0.2) is 19.3 Å². The number of methoxy groups -OCH3 is 2. The van der Waals surface area contributed by atoms with Crippen LogP contribution in [0.25, 0.3) is 0 Å². The van der Waals surface area contributed by atoms with Crippen molar-refractivity contribution in [3.8, 4) is 11.5 Å². The Morgan fingerprint density at radius 2 is 1.56 bits per heavy atom.